The average Bonchev–Trinajstić information content (AvgIpc) is 2.88. The maximum absolute atomic E-state index is 13.0. The van der Waals surface area contributed by atoms with Gasteiger partial charge in [-0.05, 0) is 62.7 Å². The first-order valence-corrected chi connectivity index (χ1v) is 12.9. The first kappa shape index (κ1) is 27.8. The van der Waals surface area contributed by atoms with E-state index >= 15 is 0 Å². The van der Waals surface area contributed by atoms with Crippen LogP contribution in [0.2, 0.25) is 0 Å². The number of hydrogen-bond donors (Lipinski definition) is 2. The number of nitrogens with one attached hydrogen (secondary N) is 1. The Kier molecular flexibility index (Phi) is 10.9. The van der Waals surface area contributed by atoms with Crippen molar-refractivity contribution in [2.24, 2.45) is 17.8 Å². The highest BCUT2D eigenvalue weighted by molar-refractivity contribution is 5.85. The largest absolute Gasteiger partial charge is 0.464 e. The van der Waals surface area contributed by atoms with Crippen LogP contribution in [0.3, 0.4) is 0 Å². The van der Waals surface area contributed by atoms with Gasteiger partial charge in [0.2, 0.25) is 0 Å². The fourth-order valence-electron chi connectivity index (χ4n) is 4.80. The maximum Gasteiger partial charge on any atom is 0.325 e. The number of allylic oxidation sites excluding steroid dienone is 1. The van der Waals surface area contributed by atoms with E-state index < -0.39 is 36.1 Å². The molecular weight excluding hydrogens is 464 g/mol. The molecule has 198 valence electrons. The third-order valence-electron chi connectivity index (χ3n) is 6.69. The SMILES string of the molecule is C/C1=C/C(C)CCCCOC(=O)CNC(=O)C(c2ccccn2)OC(O)C2CCCCC2C(=O)OC1. The van der Waals surface area contributed by atoms with Gasteiger partial charge < -0.3 is 24.6 Å². The molecule has 9 nitrogen and oxygen atoms in total. The van der Waals surface area contributed by atoms with Crippen LogP contribution >= 0.6 is 0 Å². The van der Waals surface area contributed by atoms with Gasteiger partial charge >= 0.3 is 11.9 Å². The van der Waals surface area contributed by atoms with Crippen LogP contribution in [0.15, 0.2) is 36.0 Å². The molecule has 1 saturated carbocycles. The summed E-state index contributed by atoms with van der Waals surface area (Å²) in [5.41, 5.74) is 1.25. The van der Waals surface area contributed by atoms with E-state index in [9.17, 15) is 19.5 Å². The van der Waals surface area contributed by atoms with Crippen molar-refractivity contribution >= 4 is 17.8 Å². The number of rotatable bonds is 1. The predicted octanol–water partition coefficient (Wildman–Crippen LogP) is 3.23. The molecule has 1 aliphatic carbocycles. The van der Waals surface area contributed by atoms with Crippen LogP contribution in [0, 0.1) is 17.8 Å². The Labute approximate surface area is 212 Å². The summed E-state index contributed by atoms with van der Waals surface area (Å²) in [4.78, 5) is 42.3. The number of hydrogen-bond acceptors (Lipinski definition) is 8. The number of aliphatic hydroxyl groups excluding tert-OH is 1. The van der Waals surface area contributed by atoms with Crippen LogP contribution in [0.4, 0.5) is 0 Å². The number of cyclic esters (lactones) is 2. The molecule has 2 aliphatic rings. The normalized spacial score (nSPS) is 31.6. The van der Waals surface area contributed by atoms with Gasteiger partial charge in [-0.1, -0.05) is 31.9 Å². The van der Waals surface area contributed by atoms with E-state index in [1.165, 1.54) is 6.20 Å². The Balaban J connectivity index is 1.80. The molecule has 36 heavy (non-hydrogen) atoms. The molecule has 1 aromatic heterocycles. The highest BCUT2D eigenvalue weighted by Gasteiger charge is 2.39. The van der Waals surface area contributed by atoms with Crippen LogP contribution in [-0.2, 0) is 28.6 Å². The Hall–Kier alpha value is -2.78. The predicted molar refractivity (Wildman–Crippen MR) is 131 cm³/mol. The number of carbonyl (C=O) groups excluding carboxylic acids is 3. The van der Waals surface area contributed by atoms with Gasteiger partial charge in [-0.15, -0.1) is 0 Å². The number of nitrogens with zero attached hydrogens (tertiary/aromatic N) is 1. The number of ether oxygens (including phenoxy) is 3. The summed E-state index contributed by atoms with van der Waals surface area (Å²) in [5.74, 6) is -2.29. The van der Waals surface area contributed by atoms with Gasteiger partial charge in [-0.3, -0.25) is 19.4 Å². The summed E-state index contributed by atoms with van der Waals surface area (Å²) in [6.07, 6.45) is 6.29. The number of fused-ring (bicyclic) bond motifs is 1. The molecule has 0 saturated heterocycles. The molecule has 5 atom stereocenters. The molecular formula is C27H38N2O7. The molecule has 0 aromatic carbocycles. The lowest BCUT2D eigenvalue weighted by atomic mass is 9.78. The van der Waals surface area contributed by atoms with E-state index in [1.807, 2.05) is 6.92 Å². The fourth-order valence-corrected chi connectivity index (χ4v) is 4.80. The van der Waals surface area contributed by atoms with E-state index in [4.69, 9.17) is 14.2 Å². The molecule has 0 spiro atoms. The topological polar surface area (TPSA) is 124 Å². The van der Waals surface area contributed by atoms with Crippen molar-refractivity contribution in [2.75, 3.05) is 19.8 Å². The molecule has 1 fully saturated rings. The van der Waals surface area contributed by atoms with Gasteiger partial charge in [0.25, 0.3) is 5.91 Å². The molecule has 1 aromatic rings. The van der Waals surface area contributed by atoms with Crippen molar-refractivity contribution < 1.29 is 33.7 Å². The number of aromatic nitrogens is 1. The van der Waals surface area contributed by atoms with Crippen molar-refractivity contribution in [3.05, 3.63) is 41.7 Å². The Morgan fingerprint density at radius 3 is 2.58 bits per heavy atom. The highest BCUT2D eigenvalue weighted by Crippen LogP contribution is 2.35. The summed E-state index contributed by atoms with van der Waals surface area (Å²) in [5, 5.41) is 13.6. The summed E-state index contributed by atoms with van der Waals surface area (Å²) < 4.78 is 16.7. The Bertz CT molecular complexity index is 905. The number of carbonyl (C=O) groups is 3. The van der Waals surface area contributed by atoms with Crippen LogP contribution < -0.4 is 5.32 Å². The van der Waals surface area contributed by atoms with E-state index in [2.05, 4.69) is 23.3 Å². The summed E-state index contributed by atoms with van der Waals surface area (Å²) in [6, 6.07) is 5.01. The zero-order valence-corrected chi connectivity index (χ0v) is 21.2. The molecule has 1 amide bonds. The summed E-state index contributed by atoms with van der Waals surface area (Å²) in [7, 11) is 0. The molecule has 1 aliphatic heterocycles. The zero-order chi connectivity index (χ0) is 25.9. The minimum Gasteiger partial charge on any atom is -0.464 e. The average molecular weight is 503 g/mol. The second-order valence-corrected chi connectivity index (χ2v) is 9.75. The van der Waals surface area contributed by atoms with Crippen molar-refractivity contribution in [3.8, 4) is 0 Å². The second kappa shape index (κ2) is 14.1. The lowest BCUT2D eigenvalue weighted by molar-refractivity contribution is -0.196. The maximum atomic E-state index is 13.0. The molecule has 2 heterocycles. The fraction of sp³-hybridized carbons (Fsp3) is 0.630. The molecule has 2 N–H and O–H groups in total. The highest BCUT2D eigenvalue weighted by atomic mass is 16.6. The van der Waals surface area contributed by atoms with Crippen molar-refractivity contribution in [2.45, 2.75) is 71.2 Å². The Morgan fingerprint density at radius 2 is 1.81 bits per heavy atom. The van der Waals surface area contributed by atoms with E-state index in [0.29, 0.717) is 25.2 Å². The standard InChI is InChI=1S/C27H38N2O7/c1-18-9-6-8-14-34-23(30)16-29-25(31)24(22-12-5-7-13-28-22)36-27(33)21-11-4-3-10-20(21)26(32)35-17-19(2)15-18/h5,7,12-13,15,18,20-21,24,27,33H,3-4,6,8-11,14,16-17H2,1-2H3,(H,29,31)/b19-15-. The van der Waals surface area contributed by atoms with Crippen molar-refractivity contribution in [1.82, 2.24) is 10.3 Å². The van der Waals surface area contributed by atoms with Crippen LogP contribution in [0.5, 0.6) is 0 Å². The molecule has 3 rings (SSSR count). The number of amides is 1. The van der Waals surface area contributed by atoms with Crippen LogP contribution in [0.25, 0.3) is 0 Å². The minimum atomic E-state index is -1.39. The number of aliphatic hydroxyl groups is 1. The lowest BCUT2D eigenvalue weighted by Crippen LogP contribution is -2.42. The van der Waals surface area contributed by atoms with Gasteiger partial charge in [0.1, 0.15) is 13.2 Å². The zero-order valence-electron chi connectivity index (χ0n) is 21.2. The van der Waals surface area contributed by atoms with Gasteiger partial charge in [0.05, 0.1) is 18.2 Å². The number of pyridine rings is 1. The van der Waals surface area contributed by atoms with Crippen molar-refractivity contribution in [1.29, 1.82) is 0 Å². The molecule has 0 bridgehead atoms. The number of esters is 2. The molecule has 9 heteroatoms. The summed E-state index contributed by atoms with van der Waals surface area (Å²) >= 11 is 0. The van der Waals surface area contributed by atoms with E-state index in [0.717, 1.165) is 31.3 Å². The van der Waals surface area contributed by atoms with E-state index in [-0.39, 0.29) is 31.4 Å². The van der Waals surface area contributed by atoms with E-state index in [1.54, 1.807) is 18.2 Å². The monoisotopic (exact) mass is 502 g/mol. The van der Waals surface area contributed by atoms with Crippen LogP contribution in [0.1, 0.15) is 70.6 Å². The van der Waals surface area contributed by atoms with Crippen molar-refractivity contribution in [3.63, 3.8) is 0 Å². The van der Waals surface area contributed by atoms with Gasteiger partial charge in [-0.2, -0.15) is 0 Å². The van der Waals surface area contributed by atoms with Gasteiger partial charge in [-0.25, -0.2) is 0 Å². The minimum absolute atomic E-state index is 0.194. The summed E-state index contributed by atoms with van der Waals surface area (Å²) in [6.45, 7) is 4.17. The third-order valence-corrected chi connectivity index (χ3v) is 6.69. The second-order valence-electron chi connectivity index (χ2n) is 9.75. The van der Waals surface area contributed by atoms with Gasteiger partial charge in [0.15, 0.2) is 12.4 Å². The smallest absolute Gasteiger partial charge is 0.325 e. The Morgan fingerprint density at radius 1 is 1.03 bits per heavy atom. The molecule has 5 unspecified atom stereocenters. The first-order chi connectivity index (χ1) is 17.3. The van der Waals surface area contributed by atoms with Gasteiger partial charge in [0, 0.05) is 12.1 Å². The van der Waals surface area contributed by atoms with Crippen LogP contribution in [-0.4, -0.2) is 54.0 Å². The first-order valence-electron chi connectivity index (χ1n) is 12.9. The lowest BCUT2D eigenvalue weighted by Gasteiger charge is -2.34. The quantitative estimate of drug-likeness (QED) is 0.443. The molecule has 0 radical (unpaired) electrons. The third kappa shape index (κ3) is 8.41.